The number of nitro benzene ring substituents is 1. The molecule has 0 spiro atoms. The Kier molecular flexibility index (Phi) is 7.21. The van der Waals surface area contributed by atoms with Gasteiger partial charge in [0.15, 0.2) is 0 Å². The smallest absolute Gasteiger partial charge is 0.270 e. The first kappa shape index (κ1) is 17.8. The Labute approximate surface area is 129 Å². The van der Waals surface area contributed by atoms with E-state index in [9.17, 15) is 18.5 Å². The van der Waals surface area contributed by atoms with E-state index in [0.717, 1.165) is 5.56 Å². The standard InChI is InChI=1S/C9H12O3S.C6H5NO2/c1-2-12-13(10,11)8-9-6-4-3-5-7-9;8-7(9)6-4-2-1-3-5-6/h3-7H,2,8H2,1H3;1-5H. The van der Waals surface area contributed by atoms with Crippen molar-refractivity contribution in [1.29, 1.82) is 0 Å². The summed E-state index contributed by atoms with van der Waals surface area (Å²) >= 11 is 0. The van der Waals surface area contributed by atoms with Crippen LogP contribution in [0.2, 0.25) is 0 Å². The molecule has 118 valence electrons. The highest BCUT2D eigenvalue weighted by atomic mass is 32.2. The third-order valence-electron chi connectivity index (χ3n) is 2.45. The zero-order valence-electron chi connectivity index (χ0n) is 12.1. The summed E-state index contributed by atoms with van der Waals surface area (Å²) in [5.74, 6) is -0.0539. The summed E-state index contributed by atoms with van der Waals surface area (Å²) in [7, 11) is -3.38. The highest BCUT2D eigenvalue weighted by molar-refractivity contribution is 7.85. The van der Waals surface area contributed by atoms with Gasteiger partial charge in [-0.3, -0.25) is 14.3 Å². The van der Waals surface area contributed by atoms with Crippen LogP contribution in [0.5, 0.6) is 0 Å². The van der Waals surface area contributed by atoms with Gasteiger partial charge in [-0.15, -0.1) is 0 Å². The van der Waals surface area contributed by atoms with Crippen molar-refractivity contribution in [2.24, 2.45) is 0 Å². The van der Waals surface area contributed by atoms with Crippen LogP contribution < -0.4 is 0 Å². The molecular weight excluding hydrogens is 306 g/mol. The number of non-ortho nitro benzene ring substituents is 1. The Bertz CT molecular complexity index is 672. The Morgan fingerprint density at radius 1 is 1.00 bits per heavy atom. The lowest BCUT2D eigenvalue weighted by atomic mass is 10.2. The molecule has 0 unspecified atom stereocenters. The molecular formula is C15H17NO5S. The van der Waals surface area contributed by atoms with E-state index in [2.05, 4.69) is 4.18 Å². The first-order valence-corrected chi connectivity index (χ1v) is 8.13. The van der Waals surface area contributed by atoms with Crippen LogP contribution in [0.4, 0.5) is 5.69 Å². The van der Waals surface area contributed by atoms with E-state index in [1.54, 1.807) is 49.4 Å². The Hall–Kier alpha value is -2.25. The molecule has 0 radical (unpaired) electrons. The van der Waals surface area contributed by atoms with Crippen molar-refractivity contribution in [1.82, 2.24) is 0 Å². The van der Waals surface area contributed by atoms with Crippen molar-refractivity contribution in [3.8, 4) is 0 Å². The molecule has 0 amide bonds. The molecule has 0 bridgehead atoms. The van der Waals surface area contributed by atoms with Crippen LogP contribution in [0.15, 0.2) is 60.7 Å². The minimum Gasteiger partial charge on any atom is -0.270 e. The Balaban J connectivity index is 0.000000235. The van der Waals surface area contributed by atoms with Crippen LogP contribution in [0.3, 0.4) is 0 Å². The quantitative estimate of drug-likeness (QED) is 0.479. The largest absolute Gasteiger partial charge is 0.271 e. The SMILES string of the molecule is CCOS(=O)(=O)Cc1ccccc1.O=[N+]([O-])c1ccccc1. The zero-order valence-corrected chi connectivity index (χ0v) is 12.9. The van der Waals surface area contributed by atoms with Crippen molar-refractivity contribution >= 4 is 15.8 Å². The average Bonchev–Trinajstić information content (AvgIpc) is 2.49. The van der Waals surface area contributed by atoms with Crippen LogP contribution >= 0.6 is 0 Å². The predicted molar refractivity (Wildman–Crippen MR) is 83.8 cm³/mol. The first-order valence-electron chi connectivity index (χ1n) is 6.55. The van der Waals surface area contributed by atoms with Gasteiger partial charge in [0.25, 0.3) is 15.8 Å². The molecule has 2 aromatic rings. The molecule has 0 aliphatic rings. The summed E-state index contributed by atoms with van der Waals surface area (Å²) in [5, 5.41) is 10.0. The van der Waals surface area contributed by atoms with Gasteiger partial charge in [0, 0.05) is 12.1 Å². The van der Waals surface area contributed by atoms with Gasteiger partial charge in [-0.1, -0.05) is 48.5 Å². The third kappa shape index (κ3) is 6.96. The Morgan fingerprint density at radius 3 is 1.91 bits per heavy atom. The first-order chi connectivity index (χ1) is 10.4. The van der Waals surface area contributed by atoms with E-state index in [0.29, 0.717) is 0 Å². The number of rotatable bonds is 5. The molecule has 0 N–H and O–H groups in total. The van der Waals surface area contributed by atoms with E-state index in [4.69, 9.17) is 0 Å². The molecule has 2 aromatic carbocycles. The number of benzene rings is 2. The second kappa shape index (κ2) is 8.91. The summed E-state index contributed by atoms with van der Waals surface area (Å²) < 4.78 is 27.0. The minimum atomic E-state index is -3.38. The molecule has 0 aliphatic heterocycles. The molecule has 0 fully saturated rings. The summed E-state index contributed by atoms with van der Waals surface area (Å²) in [6.45, 7) is 1.84. The van der Waals surface area contributed by atoms with Crippen LogP contribution in [-0.2, 0) is 20.1 Å². The third-order valence-corrected chi connectivity index (χ3v) is 3.73. The average molecular weight is 323 g/mol. The maximum absolute atomic E-state index is 11.2. The predicted octanol–water partition coefficient (Wildman–Crippen LogP) is 3.15. The molecule has 22 heavy (non-hydrogen) atoms. The van der Waals surface area contributed by atoms with Gasteiger partial charge in [0.2, 0.25) is 0 Å². The topological polar surface area (TPSA) is 86.5 Å². The van der Waals surface area contributed by atoms with Gasteiger partial charge >= 0.3 is 0 Å². The molecule has 2 rings (SSSR count). The van der Waals surface area contributed by atoms with Crippen molar-refractivity contribution in [3.05, 3.63) is 76.3 Å². The van der Waals surface area contributed by atoms with E-state index in [1.807, 2.05) is 6.07 Å². The molecule has 0 saturated carbocycles. The van der Waals surface area contributed by atoms with Crippen LogP contribution in [0, 0.1) is 10.1 Å². The van der Waals surface area contributed by atoms with Gasteiger partial charge in [-0.2, -0.15) is 8.42 Å². The van der Waals surface area contributed by atoms with Gasteiger partial charge in [-0.25, -0.2) is 0 Å². The summed E-state index contributed by atoms with van der Waals surface area (Å²) in [4.78, 5) is 9.59. The van der Waals surface area contributed by atoms with Gasteiger partial charge in [0.1, 0.15) is 5.75 Å². The van der Waals surface area contributed by atoms with Crippen molar-refractivity contribution in [2.75, 3.05) is 6.61 Å². The minimum absolute atomic E-state index is 0.0539. The number of nitrogens with zero attached hydrogens (tertiary/aromatic N) is 1. The van der Waals surface area contributed by atoms with E-state index >= 15 is 0 Å². The summed E-state index contributed by atoms with van der Waals surface area (Å²) in [6.07, 6.45) is 0. The second-order valence-corrected chi connectivity index (χ2v) is 5.83. The fraction of sp³-hybridized carbons (Fsp3) is 0.200. The summed E-state index contributed by atoms with van der Waals surface area (Å²) in [6, 6.07) is 16.9. The van der Waals surface area contributed by atoms with Crippen molar-refractivity contribution in [3.63, 3.8) is 0 Å². The van der Waals surface area contributed by atoms with E-state index < -0.39 is 15.0 Å². The highest BCUT2D eigenvalue weighted by Crippen LogP contribution is 2.07. The van der Waals surface area contributed by atoms with Crippen molar-refractivity contribution < 1.29 is 17.5 Å². The molecule has 0 saturated heterocycles. The molecule has 0 atom stereocenters. The molecule has 7 heteroatoms. The lowest BCUT2D eigenvalue weighted by molar-refractivity contribution is -0.384. The highest BCUT2D eigenvalue weighted by Gasteiger charge is 2.10. The molecule has 0 heterocycles. The molecule has 0 aromatic heterocycles. The normalized spacial score (nSPS) is 10.4. The van der Waals surface area contributed by atoms with E-state index in [1.165, 1.54) is 12.1 Å². The van der Waals surface area contributed by atoms with E-state index in [-0.39, 0.29) is 18.0 Å². The maximum atomic E-state index is 11.2. The van der Waals surface area contributed by atoms with Gasteiger partial charge < -0.3 is 0 Å². The van der Waals surface area contributed by atoms with Crippen LogP contribution in [0.1, 0.15) is 12.5 Å². The number of hydrogen-bond donors (Lipinski definition) is 0. The zero-order chi connectivity index (χ0) is 16.4. The monoisotopic (exact) mass is 323 g/mol. The number of para-hydroxylation sites is 1. The number of nitro groups is 1. The summed E-state index contributed by atoms with van der Waals surface area (Å²) in [5.41, 5.74) is 0.883. The maximum Gasteiger partial charge on any atom is 0.271 e. The fourth-order valence-electron chi connectivity index (χ4n) is 1.55. The fourth-order valence-corrected chi connectivity index (χ4v) is 2.59. The lowest BCUT2D eigenvalue weighted by Gasteiger charge is -2.02. The lowest BCUT2D eigenvalue weighted by Crippen LogP contribution is -2.08. The molecule has 0 aliphatic carbocycles. The van der Waals surface area contributed by atoms with Crippen LogP contribution in [0.25, 0.3) is 0 Å². The van der Waals surface area contributed by atoms with Gasteiger partial charge in [0.05, 0.1) is 11.5 Å². The Morgan fingerprint density at radius 2 is 1.50 bits per heavy atom. The second-order valence-electron chi connectivity index (χ2n) is 4.19. The number of hydrogen-bond acceptors (Lipinski definition) is 5. The molecule has 6 nitrogen and oxygen atoms in total. The van der Waals surface area contributed by atoms with Crippen LogP contribution in [-0.4, -0.2) is 19.9 Å². The van der Waals surface area contributed by atoms with Crippen molar-refractivity contribution in [2.45, 2.75) is 12.7 Å². The van der Waals surface area contributed by atoms with Gasteiger partial charge in [-0.05, 0) is 12.5 Å².